The van der Waals surface area contributed by atoms with Crippen molar-refractivity contribution in [1.82, 2.24) is 10.3 Å². The average Bonchev–Trinajstić information content (AvgIpc) is 2.86. The molecule has 7 nitrogen and oxygen atoms in total. The number of halogens is 3. The van der Waals surface area contributed by atoms with Crippen molar-refractivity contribution in [1.29, 1.82) is 0 Å². The highest BCUT2D eigenvalue weighted by Gasteiger charge is 2.58. The van der Waals surface area contributed by atoms with Crippen molar-refractivity contribution in [2.75, 3.05) is 5.32 Å². The van der Waals surface area contributed by atoms with E-state index in [1.54, 1.807) is 24.3 Å². The van der Waals surface area contributed by atoms with Crippen LogP contribution >= 0.6 is 39.1 Å². The Labute approximate surface area is 240 Å². The number of ketones is 1. The van der Waals surface area contributed by atoms with Gasteiger partial charge in [-0.25, -0.2) is 4.79 Å². The molecule has 3 N–H and O–H groups in total. The normalized spacial score (nSPS) is 18.5. The molecule has 1 aromatic carbocycles. The van der Waals surface area contributed by atoms with Crippen molar-refractivity contribution in [3.05, 3.63) is 68.0 Å². The topological polar surface area (TPSA) is 108 Å². The summed E-state index contributed by atoms with van der Waals surface area (Å²) in [6, 6.07) is 6.97. The van der Waals surface area contributed by atoms with Crippen molar-refractivity contribution in [2.45, 2.75) is 64.8 Å². The van der Waals surface area contributed by atoms with Gasteiger partial charge in [-0.05, 0) is 51.9 Å². The predicted octanol–water partition coefficient (Wildman–Crippen LogP) is 6.78. The minimum Gasteiger partial charge on any atom is -0.479 e. The van der Waals surface area contributed by atoms with Crippen LogP contribution in [0.1, 0.15) is 68.8 Å². The SMILES string of the molecule is CC(C)(C)[C@](Cc1ccc(NC(=O)c2c(Cl)cncc2Cl)cc1)(NC1=C(Br)C(=O)C12CCCCC2)C(=O)O. The third-order valence-electron chi connectivity index (χ3n) is 7.78. The highest BCUT2D eigenvalue weighted by Crippen LogP contribution is 2.54. The maximum atomic E-state index is 13.0. The number of Topliss-reactive ketones (excluding diaryl/α,β-unsaturated/α-hetero) is 1. The van der Waals surface area contributed by atoms with Gasteiger partial charge in [-0.1, -0.05) is 75.4 Å². The molecule has 0 saturated heterocycles. The molecular weight excluding hydrogens is 593 g/mol. The summed E-state index contributed by atoms with van der Waals surface area (Å²) in [7, 11) is 0. The average molecular weight is 623 g/mol. The number of nitrogens with zero attached hydrogens (tertiary/aromatic N) is 1. The van der Waals surface area contributed by atoms with E-state index >= 15 is 0 Å². The fourth-order valence-corrected chi connectivity index (χ4v) is 6.78. The minimum absolute atomic E-state index is 0.0578. The first-order valence-electron chi connectivity index (χ1n) is 12.5. The Kier molecular flexibility index (Phi) is 7.99. The predicted molar refractivity (Wildman–Crippen MR) is 152 cm³/mol. The lowest BCUT2D eigenvalue weighted by Crippen LogP contribution is -2.65. The van der Waals surface area contributed by atoms with Crippen LogP contribution in [0, 0.1) is 10.8 Å². The number of benzene rings is 1. The van der Waals surface area contributed by atoms with Gasteiger partial charge in [0.15, 0.2) is 5.78 Å². The van der Waals surface area contributed by atoms with Crippen molar-refractivity contribution in [3.63, 3.8) is 0 Å². The first-order chi connectivity index (χ1) is 17.8. The molecule has 1 aromatic heterocycles. The molecule has 1 amide bonds. The van der Waals surface area contributed by atoms with Crippen molar-refractivity contribution < 1.29 is 19.5 Å². The van der Waals surface area contributed by atoms with Crippen LogP contribution in [0.2, 0.25) is 10.0 Å². The largest absolute Gasteiger partial charge is 0.479 e. The summed E-state index contributed by atoms with van der Waals surface area (Å²) in [4.78, 5) is 42.5. The van der Waals surface area contributed by atoms with Crippen LogP contribution in [0.4, 0.5) is 5.69 Å². The van der Waals surface area contributed by atoms with E-state index in [1.807, 2.05) is 20.8 Å². The second-order valence-corrected chi connectivity index (χ2v) is 12.7. The van der Waals surface area contributed by atoms with E-state index in [-0.39, 0.29) is 27.8 Å². The minimum atomic E-state index is -1.39. The lowest BCUT2D eigenvalue weighted by Gasteiger charge is -2.51. The first-order valence-corrected chi connectivity index (χ1v) is 14.0. The maximum absolute atomic E-state index is 13.0. The Morgan fingerprint density at radius 1 is 1.05 bits per heavy atom. The number of anilines is 1. The molecule has 2 aromatic rings. The number of nitrogens with one attached hydrogen (secondary N) is 2. The van der Waals surface area contributed by atoms with E-state index in [1.165, 1.54) is 12.4 Å². The van der Waals surface area contributed by atoms with E-state index in [0.717, 1.165) is 37.7 Å². The summed E-state index contributed by atoms with van der Waals surface area (Å²) < 4.78 is 0.445. The van der Waals surface area contributed by atoms with Gasteiger partial charge in [0.1, 0.15) is 5.54 Å². The molecule has 1 atom stereocenters. The molecule has 38 heavy (non-hydrogen) atoms. The second kappa shape index (κ2) is 10.6. The Morgan fingerprint density at radius 2 is 1.63 bits per heavy atom. The zero-order valence-electron chi connectivity index (χ0n) is 21.5. The van der Waals surface area contributed by atoms with Crippen LogP contribution < -0.4 is 10.6 Å². The number of carboxylic acids is 1. The van der Waals surface area contributed by atoms with Crippen LogP contribution in [-0.2, 0) is 16.0 Å². The molecule has 202 valence electrons. The third kappa shape index (κ3) is 4.98. The van der Waals surface area contributed by atoms with Crippen LogP contribution in [0.3, 0.4) is 0 Å². The first kappa shape index (κ1) is 28.6. The van der Waals surface area contributed by atoms with Gasteiger partial charge in [0.25, 0.3) is 5.91 Å². The van der Waals surface area contributed by atoms with Gasteiger partial charge in [-0.15, -0.1) is 0 Å². The number of rotatable bonds is 7. The summed E-state index contributed by atoms with van der Waals surface area (Å²) in [6.07, 6.45) is 7.26. The van der Waals surface area contributed by atoms with Crippen LogP contribution in [0.15, 0.2) is 46.8 Å². The van der Waals surface area contributed by atoms with Gasteiger partial charge in [0.2, 0.25) is 0 Å². The summed E-state index contributed by atoms with van der Waals surface area (Å²) >= 11 is 15.6. The van der Waals surface area contributed by atoms with Gasteiger partial charge in [-0.3, -0.25) is 14.6 Å². The number of pyridine rings is 1. The van der Waals surface area contributed by atoms with E-state index in [4.69, 9.17) is 23.2 Å². The molecule has 2 aliphatic rings. The van der Waals surface area contributed by atoms with Gasteiger partial charge < -0.3 is 15.7 Å². The Hall–Kier alpha value is -2.42. The zero-order valence-corrected chi connectivity index (χ0v) is 24.6. The maximum Gasteiger partial charge on any atom is 0.330 e. The van der Waals surface area contributed by atoms with Crippen molar-refractivity contribution in [3.8, 4) is 0 Å². The molecule has 1 fully saturated rings. The van der Waals surface area contributed by atoms with Gasteiger partial charge in [0.05, 0.1) is 25.5 Å². The molecular formula is C28H30BrCl2N3O4. The molecule has 1 spiro atoms. The number of carbonyl (C=O) groups excluding carboxylic acids is 2. The van der Waals surface area contributed by atoms with Gasteiger partial charge >= 0.3 is 5.97 Å². The van der Waals surface area contributed by atoms with E-state index in [0.29, 0.717) is 15.9 Å². The fourth-order valence-electron chi connectivity index (χ4n) is 5.39. The Bertz CT molecular complexity index is 1290. The molecule has 0 unspecified atom stereocenters. The smallest absolute Gasteiger partial charge is 0.330 e. The number of aliphatic carboxylic acids is 1. The van der Waals surface area contributed by atoms with E-state index in [9.17, 15) is 19.5 Å². The quantitative estimate of drug-likeness (QED) is 0.314. The number of aromatic nitrogens is 1. The molecule has 10 heteroatoms. The number of allylic oxidation sites excluding steroid dienone is 2. The van der Waals surface area contributed by atoms with E-state index in [2.05, 4.69) is 31.5 Å². The Morgan fingerprint density at radius 3 is 2.16 bits per heavy atom. The number of amides is 1. The standard InChI is InChI=1S/C28H30BrCl2N3O4/c1-26(2,3)28(25(37)38,34-22-21(29)23(35)27(22)11-5-4-6-12-27)13-16-7-9-17(10-8-16)33-24(36)20-18(30)14-32-15-19(20)31/h7-10,14-15,34H,4-6,11-13H2,1-3H3,(H,33,36)(H,37,38)/t28-/m1/s1. The van der Waals surface area contributed by atoms with Crippen molar-refractivity contribution >= 4 is 62.5 Å². The fraction of sp³-hybridized carbons (Fsp3) is 0.429. The lowest BCUT2D eigenvalue weighted by molar-refractivity contribution is -0.150. The molecule has 2 aliphatic carbocycles. The van der Waals surface area contributed by atoms with Crippen molar-refractivity contribution in [2.24, 2.45) is 10.8 Å². The highest BCUT2D eigenvalue weighted by molar-refractivity contribution is 9.12. The third-order valence-corrected chi connectivity index (χ3v) is 9.11. The van der Waals surface area contributed by atoms with E-state index < -0.39 is 28.2 Å². The number of hydrogen-bond donors (Lipinski definition) is 3. The molecule has 0 bridgehead atoms. The van der Waals surface area contributed by atoms with Gasteiger partial charge in [-0.2, -0.15) is 0 Å². The van der Waals surface area contributed by atoms with Crippen LogP contribution in [-0.4, -0.2) is 33.3 Å². The molecule has 1 saturated carbocycles. The molecule has 4 rings (SSSR count). The lowest BCUT2D eigenvalue weighted by atomic mass is 9.61. The number of carbonyl (C=O) groups is 3. The summed E-state index contributed by atoms with van der Waals surface area (Å²) in [6.45, 7) is 5.65. The summed E-state index contributed by atoms with van der Waals surface area (Å²) in [5, 5.41) is 17.0. The summed E-state index contributed by atoms with van der Waals surface area (Å²) in [5.41, 5.74) is -0.650. The van der Waals surface area contributed by atoms with Gasteiger partial charge in [0, 0.05) is 30.2 Å². The molecule has 1 heterocycles. The number of hydrogen-bond acceptors (Lipinski definition) is 5. The number of carboxylic acid groups (broad SMARTS) is 1. The monoisotopic (exact) mass is 621 g/mol. The second-order valence-electron chi connectivity index (χ2n) is 11.1. The van der Waals surface area contributed by atoms with Crippen LogP contribution in [0.5, 0.6) is 0 Å². The summed E-state index contributed by atoms with van der Waals surface area (Å²) in [5.74, 6) is -1.42. The highest BCUT2D eigenvalue weighted by atomic mass is 79.9. The Balaban J connectivity index is 1.60. The molecule has 0 radical (unpaired) electrons. The van der Waals surface area contributed by atoms with Crippen LogP contribution in [0.25, 0.3) is 0 Å². The zero-order chi connectivity index (χ0) is 27.9. The molecule has 0 aliphatic heterocycles.